The first kappa shape index (κ1) is 76.4. The van der Waals surface area contributed by atoms with Crippen LogP contribution in [0.4, 0.5) is 0 Å². The van der Waals surface area contributed by atoms with Gasteiger partial charge in [-0.2, -0.15) is 101 Å². The van der Waals surface area contributed by atoms with Gasteiger partial charge in [-0.25, -0.2) is 50.2 Å². The van der Waals surface area contributed by atoms with Gasteiger partial charge in [0.1, 0.15) is 61.0 Å². The Hall–Kier alpha value is -1.68. The molecule has 1 saturated heterocycles. The molecule has 0 spiro atoms. The van der Waals surface area contributed by atoms with E-state index in [9.17, 15) is 147 Å². The zero-order valence-corrected chi connectivity index (χ0v) is 47.6. The molecular formula is C19H36O51S12. The maximum absolute atomic E-state index is 12.3. The van der Waals surface area contributed by atoms with Gasteiger partial charge in [-0.05, 0) is 6.42 Å². The summed E-state index contributed by atoms with van der Waals surface area (Å²) < 4.78 is 465. The molecule has 63 heteroatoms. The molecule has 2 fully saturated rings. The number of hydrogen-bond acceptors (Lipinski definition) is 39. The average Bonchev–Trinajstić information content (AvgIpc) is 3.16. The molecule has 0 bridgehead atoms. The van der Waals surface area contributed by atoms with Crippen LogP contribution in [0.5, 0.6) is 0 Å². The van der Waals surface area contributed by atoms with E-state index in [1.54, 1.807) is 0 Å². The molecule has 2 rings (SSSR count). The van der Waals surface area contributed by atoms with Crippen molar-refractivity contribution in [1.29, 1.82) is 0 Å². The maximum atomic E-state index is 12.3. The van der Waals surface area contributed by atoms with Crippen LogP contribution in [-0.2, 0) is 189 Å². The van der Waals surface area contributed by atoms with Gasteiger partial charge in [0.25, 0.3) is 0 Å². The lowest BCUT2D eigenvalue weighted by molar-refractivity contribution is -0.292. The highest BCUT2D eigenvalue weighted by Gasteiger charge is 2.57. The molecule has 490 valence electrons. The first-order valence-electron chi connectivity index (χ1n) is 18.8. The first-order chi connectivity index (χ1) is 36.1. The molecule has 2 aliphatic rings. The molecule has 0 unspecified atom stereocenters. The van der Waals surface area contributed by atoms with Crippen LogP contribution in [0.3, 0.4) is 0 Å². The van der Waals surface area contributed by atoms with Crippen molar-refractivity contribution in [3.63, 3.8) is 0 Å². The molecule has 0 aromatic rings. The van der Waals surface area contributed by atoms with E-state index in [-0.39, 0.29) is 0 Å². The fraction of sp³-hybridized carbons (Fsp3) is 1.00. The van der Waals surface area contributed by atoms with Crippen LogP contribution in [-0.4, -0.2) is 262 Å². The van der Waals surface area contributed by atoms with Gasteiger partial charge in [0, 0.05) is 5.92 Å². The fourth-order valence-corrected chi connectivity index (χ4v) is 12.3. The SMILES string of the molecule is O=S(=O)(O)OC[C@H]1C[C@@H](OC[C@@H](OS(=O)(=O)O)[C@@H](OS(=O)(=O)O)[C@H](OS(=O)(=O)O)[C@@H](CO[C@@H]2O[C@H](COS(=O)(=O)O)[C@@H](OS(=O)(=O)O)[C@H](OS(=O)(=O)O)[C@H]2OS(=O)(=O)O)OS(=O)(=O)O)[C@H](OS(=O)(=O)O)[C@@H](OS(=O)(=O)O)[C@@H]1OS(=O)(=O)O. The second-order valence-electron chi connectivity index (χ2n) is 14.7. The Kier molecular flexibility index (Phi) is 25.9. The average molecular weight is 1470 g/mol. The number of ether oxygens (including phenoxy) is 3. The zero-order valence-electron chi connectivity index (χ0n) is 37.8. The van der Waals surface area contributed by atoms with Crippen molar-refractivity contribution in [2.45, 2.75) is 86.0 Å². The highest BCUT2D eigenvalue weighted by molar-refractivity contribution is 7.83. The summed E-state index contributed by atoms with van der Waals surface area (Å²) in [4.78, 5) is 0. The highest BCUT2D eigenvalue weighted by atomic mass is 32.3. The van der Waals surface area contributed by atoms with Gasteiger partial charge in [0.2, 0.25) is 0 Å². The molecule has 14 atom stereocenters. The lowest BCUT2D eigenvalue weighted by atomic mass is 9.81. The smallest absolute Gasteiger partial charge is 0.372 e. The van der Waals surface area contributed by atoms with Crippen molar-refractivity contribution in [1.82, 2.24) is 0 Å². The molecule has 1 aliphatic heterocycles. The van der Waals surface area contributed by atoms with Crippen molar-refractivity contribution in [2.24, 2.45) is 5.92 Å². The molecule has 1 saturated carbocycles. The molecular weight excluding hydrogens is 1430 g/mol. The van der Waals surface area contributed by atoms with E-state index in [0.717, 1.165) is 0 Å². The highest BCUT2D eigenvalue weighted by Crippen LogP contribution is 2.38. The minimum atomic E-state index is -6.73. The molecule has 0 aromatic carbocycles. The van der Waals surface area contributed by atoms with E-state index in [0.29, 0.717) is 0 Å². The summed E-state index contributed by atoms with van der Waals surface area (Å²) in [5.74, 6) is -2.56. The minimum Gasteiger partial charge on any atom is -0.372 e. The van der Waals surface area contributed by atoms with E-state index in [1.807, 2.05) is 0 Å². The molecule has 51 nitrogen and oxygen atoms in total. The van der Waals surface area contributed by atoms with Gasteiger partial charge in [-0.1, -0.05) is 0 Å². The van der Waals surface area contributed by atoms with Gasteiger partial charge < -0.3 is 14.2 Å². The quantitative estimate of drug-likeness (QED) is 0.0262. The molecule has 12 N–H and O–H groups in total. The summed E-state index contributed by atoms with van der Waals surface area (Å²) in [5.41, 5.74) is 0. The predicted octanol–water partition coefficient (Wildman–Crippen LogP) is -9.35. The van der Waals surface area contributed by atoms with E-state index in [4.69, 9.17) is 23.3 Å². The summed E-state index contributed by atoms with van der Waals surface area (Å²) in [5, 5.41) is 0. The third-order valence-electron chi connectivity index (χ3n) is 8.73. The third-order valence-corrected chi connectivity index (χ3v) is 14.3. The largest absolute Gasteiger partial charge is 0.397 e. The fourth-order valence-electron chi connectivity index (χ4n) is 6.58. The van der Waals surface area contributed by atoms with Gasteiger partial charge in [-0.3, -0.25) is 54.6 Å². The lowest BCUT2D eigenvalue weighted by Crippen LogP contribution is -2.63. The first-order valence-corrected chi connectivity index (χ1v) is 35.1. The molecule has 82 heavy (non-hydrogen) atoms. The Morgan fingerprint density at radius 1 is 0.329 bits per heavy atom. The number of hydrogen-bond donors (Lipinski definition) is 12. The minimum absolute atomic E-state index is 1.68. The number of rotatable bonds is 35. The summed E-state index contributed by atoms with van der Waals surface area (Å²) in [6, 6.07) is 0. The van der Waals surface area contributed by atoms with E-state index in [2.05, 4.69) is 50.2 Å². The standard InChI is InChI=1S/C19H36O51S12/c20-71(21,22)58-2-6-1-7(12(64-76(35,36)37)16(68-80(47,48)49)11(6)63-75(32,33)34)56-3-9(61-73(26,27)28)14(66-78(41,42)43)15(67-79(44,45)46)10(62-74(29,30)31)4-57-19-18(70-82(53,54)55)17(69-81(50,51)52)13(65-77(38,39)40)8(60-19)5-59-72(23,24)25/h6-19H,1-5H2,(H,20,21,22)(H,23,24,25)(H,26,27,28)(H,29,30,31)(H,32,33,34)(H,35,36,37)(H,38,39,40)(H,41,42,43)(H,44,45,46)(H,47,48,49)(H,50,51,52)(H,53,54,55)/t6-,7-,8-,9-,10-,11-,12+,13-,14-,15-,16+,17+,18-,19-/m1/s1. The third kappa shape index (κ3) is 31.3. The van der Waals surface area contributed by atoms with Gasteiger partial charge in [-0.15, -0.1) is 0 Å². The zero-order chi connectivity index (χ0) is 64.2. The normalized spacial score (nSPS) is 27.1. The Labute approximate surface area is 460 Å². The predicted molar refractivity (Wildman–Crippen MR) is 232 cm³/mol. The summed E-state index contributed by atoms with van der Waals surface area (Å²) >= 11 is 0. The van der Waals surface area contributed by atoms with Crippen LogP contribution < -0.4 is 0 Å². The Morgan fingerprint density at radius 2 is 0.634 bits per heavy atom. The van der Waals surface area contributed by atoms with Crippen LogP contribution in [0.25, 0.3) is 0 Å². The summed E-state index contributed by atoms with van der Waals surface area (Å²) in [6.07, 6.45) is -47.3. The Bertz CT molecular complexity index is 3390. The molecule has 1 heterocycles. The monoisotopic (exact) mass is 1460 g/mol. The van der Waals surface area contributed by atoms with Gasteiger partial charge >= 0.3 is 125 Å². The van der Waals surface area contributed by atoms with E-state index >= 15 is 0 Å². The molecule has 0 amide bonds. The topological polar surface area (TPSA) is 791 Å². The van der Waals surface area contributed by atoms with Crippen LogP contribution in [0.2, 0.25) is 0 Å². The molecule has 0 radical (unpaired) electrons. The Morgan fingerprint density at radius 3 is 0.988 bits per heavy atom. The van der Waals surface area contributed by atoms with Crippen LogP contribution >= 0.6 is 0 Å². The van der Waals surface area contributed by atoms with Crippen LogP contribution in [0.15, 0.2) is 0 Å². The van der Waals surface area contributed by atoms with Crippen molar-refractivity contribution in [3.05, 3.63) is 0 Å². The molecule has 1 aliphatic carbocycles. The summed E-state index contributed by atoms with van der Waals surface area (Å²) in [6.45, 7) is -8.96. The summed E-state index contributed by atoms with van der Waals surface area (Å²) in [7, 11) is -76.0. The second kappa shape index (κ2) is 27.8. The second-order valence-corrected chi connectivity index (χ2v) is 27.4. The van der Waals surface area contributed by atoms with Gasteiger partial charge in [0.05, 0.1) is 32.5 Å². The van der Waals surface area contributed by atoms with E-state index in [1.165, 1.54) is 0 Å². The van der Waals surface area contributed by atoms with Crippen molar-refractivity contribution in [2.75, 3.05) is 26.4 Å². The van der Waals surface area contributed by atoms with Crippen molar-refractivity contribution < 1.29 is 220 Å². The van der Waals surface area contributed by atoms with Crippen LogP contribution in [0, 0.1) is 5.92 Å². The lowest BCUT2D eigenvalue weighted by Gasteiger charge is -2.44. The molecule has 0 aromatic heterocycles. The van der Waals surface area contributed by atoms with Crippen molar-refractivity contribution in [3.8, 4) is 0 Å². The van der Waals surface area contributed by atoms with Crippen LogP contribution in [0.1, 0.15) is 6.42 Å². The maximum Gasteiger partial charge on any atom is 0.397 e. The van der Waals surface area contributed by atoms with Crippen molar-refractivity contribution >= 4 is 125 Å². The van der Waals surface area contributed by atoms with E-state index < -0.39 is 243 Å². The Balaban J connectivity index is 3.14. The van der Waals surface area contributed by atoms with Gasteiger partial charge in [0.15, 0.2) is 12.4 Å².